The second-order valence-corrected chi connectivity index (χ2v) is 2.82. The molecular formula is C11H22N2. The van der Waals surface area contributed by atoms with Crippen LogP contribution < -0.4 is 5.32 Å². The second kappa shape index (κ2) is 6.70. The third-order valence-corrected chi connectivity index (χ3v) is 2.05. The van der Waals surface area contributed by atoms with E-state index in [1.165, 1.54) is 5.57 Å². The van der Waals surface area contributed by atoms with Gasteiger partial charge in [-0.05, 0) is 18.9 Å². The molecule has 0 saturated carbocycles. The molecular weight excluding hydrogens is 160 g/mol. The van der Waals surface area contributed by atoms with Gasteiger partial charge in [-0.3, -0.25) is 4.99 Å². The fraction of sp³-hybridized carbons (Fsp3) is 0.727. The smallest absolute Gasteiger partial charge is 0.101 e. The Balaban J connectivity index is 0.000000671. The predicted molar refractivity (Wildman–Crippen MR) is 60.0 cm³/mol. The Labute approximate surface area is 82.1 Å². The van der Waals surface area contributed by atoms with Crippen molar-refractivity contribution >= 4 is 5.84 Å². The lowest BCUT2D eigenvalue weighted by Gasteiger charge is -2.18. The summed E-state index contributed by atoms with van der Waals surface area (Å²) in [4.78, 5) is 4.49. The summed E-state index contributed by atoms with van der Waals surface area (Å²) >= 11 is 0. The van der Waals surface area contributed by atoms with Gasteiger partial charge in [0.25, 0.3) is 0 Å². The molecule has 0 saturated heterocycles. The average molecular weight is 182 g/mol. The second-order valence-electron chi connectivity index (χ2n) is 2.82. The number of rotatable bonds is 2. The zero-order chi connectivity index (χ0) is 10.3. The van der Waals surface area contributed by atoms with E-state index in [-0.39, 0.29) is 0 Å². The summed E-state index contributed by atoms with van der Waals surface area (Å²) < 4.78 is 0. The van der Waals surface area contributed by atoms with Gasteiger partial charge in [0.15, 0.2) is 0 Å². The van der Waals surface area contributed by atoms with E-state index in [0.717, 1.165) is 18.7 Å². The molecule has 0 aliphatic carbocycles. The molecule has 1 aliphatic heterocycles. The molecule has 0 aromatic carbocycles. The lowest BCUT2D eigenvalue weighted by molar-refractivity contribution is 0.773. The summed E-state index contributed by atoms with van der Waals surface area (Å²) in [6, 6.07) is 0.385. The Morgan fingerprint density at radius 3 is 2.31 bits per heavy atom. The fourth-order valence-electron chi connectivity index (χ4n) is 1.24. The molecule has 1 heterocycles. The zero-order valence-corrected chi connectivity index (χ0v) is 9.52. The standard InChI is InChI=1S/C9H16N2.C2H6/c1-4-8-6-10-9(5-2)11-7(8)3;1-2/h6-7H,4-5H2,1-3H3,(H,10,11);1-2H3. The number of nitrogens with one attached hydrogen (secondary N) is 1. The van der Waals surface area contributed by atoms with Gasteiger partial charge in [-0.15, -0.1) is 0 Å². The van der Waals surface area contributed by atoms with E-state index < -0.39 is 0 Å². The van der Waals surface area contributed by atoms with Crippen LogP contribution in [0.25, 0.3) is 0 Å². The summed E-state index contributed by atoms with van der Waals surface area (Å²) in [6.45, 7) is 10.4. The monoisotopic (exact) mass is 182 g/mol. The molecule has 0 fully saturated rings. The maximum absolute atomic E-state index is 4.49. The van der Waals surface area contributed by atoms with Crippen molar-refractivity contribution in [3.8, 4) is 0 Å². The Morgan fingerprint density at radius 2 is 1.92 bits per heavy atom. The molecule has 0 amide bonds. The fourth-order valence-corrected chi connectivity index (χ4v) is 1.24. The summed E-state index contributed by atoms with van der Waals surface area (Å²) in [7, 11) is 0. The topological polar surface area (TPSA) is 24.4 Å². The lowest BCUT2D eigenvalue weighted by atomic mass is 10.1. The van der Waals surface area contributed by atoms with Crippen LogP contribution in [-0.2, 0) is 0 Å². The van der Waals surface area contributed by atoms with E-state index in [1.54, 1.807) is 0 Å². The van der Waals surface area contributed by atoms with Crippen molar-refractivity contribution in [3.63, 3.8) is 0 Å². The summed E-state index contributed by atoms with van der Waals surface area (Å²) in [6.07, 6.45) is 4.18. The molecule has 0 aromatic heterocycles. The molecule has 76 valence electrons. The van der Waals surface area contributed by atoms with Crippen molar-refractivity contribution in [1.82, 2.24) is 5.32 Å². The molecule has 0 spiro atoms. The predicted octanol–water partition coefficient (Wildman–Crippen LogP) is 3.11. The molecule has 1 rings (SSSR count). The molecule has 1 aliphatic rings. The molecule has 2 nitrogen and oxygen atoms in total. The third-order valence-electron chi connectivity index (χ3n) is 2.05. The molecule has 1 unspecified atom stereocenters. The SMILES string of the molecule is CC.CCC1=CNC(CC)=NC1C. The number of hydrogen-bond donors (Lipinski definition) is 1. The van der Waals surface area contributed by atoms with Crippen LogP contribution in [0.3, 0.4) is 0 Å². The van der Waals surface area contributed by atoms with Crippen molar-refractivity contribution in [2.24, 2.45) is 4.99 Å². The van der Waals surface area contributed by atoms with Crippen molar-refractivity contribution in [1.29, 1.82) is 0 Å². The van der Waals surface area contributed by atoms with Crippen LogP contribution in [0.4, 0.5) is 0 Å². The maximum atomic E-state index is 4.49. The van der Waals surface area contributed by atoms with Crippen LogP contribution in [0.2, 0.25) is 0 Å². The van der Waals surface area contributed by atoms with Crippen LogP contribution in [0.5, 0.6) is 0 Å². The van der Waals surface area contributed by atoms with E-state index in [9.17, 15) is 0 Å². The summed E-state index contributed by atoms with van der Waals surface area (Å²) in [5, 5.41) is 3.19. The van der Waals surface area contributed by atoms with Crippen molar-refractivity contribution < 1.29 is 0 Å². The summed E-state index contributed by atoms with van der Waals surface area (Å²) in [5.74, 6) is 1.11. The van der Waals surface area contributed by atoms with E-state index in [1.807, 2.05) is 13.8 Å². The highest BCUT2D eigenvalue weighted by molar-refractivity contribution is 5.84. The van der Waals surface area contributed by atoms with E-state index in [2.05, 4.69) is 37.3 Å². The van der Waals surface area contributed by atoms with Crippen LogP contribution in [0.15, 0.2) is 16.8 Å². The first kappa shape index (κ1) is 12.2. The molecule has 2 heteroatoms. The van der Waals surface area contributed by atoms with Crippen LogP contribution in [-0.4, -0.2) is 11.9 Å². The van der Waals surface area contributed by atoms with Crippen LogP contribution in [0, 0.1) is 0 Å². The first-order chi connectivity index (χ1) is 6.27. The zero-order valence-electron chi connectivity index (χ0n) is 9.52. The van der Waals surface area contributed by atoms with Gasteiger partial charge in [-0.2, -0.15) is 0 Å². The van der Waals surface area contributed by atoms with Gasteiger partial charge in [0.1, 0.15) is 5.84 Å². The van der Waals surface area contributed by atoms with Gasteiger partial charge < -0.3 is 5.32 Å². The van der Waals surface area contributed by atoms with Gasteiger partial charge in [0.2, 0.25) is 0 Å². The minimum absolute atomic E-state index is 0.385. The van der Waals surface area contributed by atoms with E-state index in [4.69, 9.17) is 0 Å². The van der Waals surface area contributed by atoms with Crippen molar-refractivity contribution in [3.05, 3.63) is 11.8 Å². The largest absolute Gasteiger partial charge is 0.350 e. The highest BCUT2D eigenvalue weighted by atomic mass is 15.0. The Kier molecular flexibility index (Phi) is 6.29. The Morgan fingerprint density at radius 1 is 1.31 bits per heavy atom. The van der Waals surface area contributed by atoms with Gasteiger partial charge in [-0.1, -0.05) is 27.7 Å². The summed E-state index contributed by atoms with van der Waals surface area (Å²) in [5.41, 5.74) is 1.39. The highest BCUT2D eigenvalue weighted by Gasteiger charge is 2.10. The maximum Gasteiger partial charge on any atom is 0.101 e. The minimum atomic E-state index is 0.385. The normalized spacial score (nSPS) is 20.5. The van der Waals surface area contributed by atoms with E-state index >= 15 is 0 Å². The molecule has 1 atom stereocenters. The molecule has 13 heavy (non-hydrogen) atoms. The van der Waals surface area contributed by atoms with Gasteiger partial charge >= 0.3 is 0 Å². The first-order valence-corrected chi connectivity index (χ1v) is 5.30. The number of hydrogen-bond acceptors (Lipinski definition) is 2. The van der Waals surface area contributed by atoms with Crippen LogP contribution in [0.1, 0.15) is 47.5 Å². The van der Waals surface area contributed by atoms with Crippen molar-refractivity contribution in [2.45, 2.75) is 53.5 Å². The van der Waals surface area contributed by atoms with E-state index in [0.29, 0.717) is 6.04 Å². The number of amidine groups is 1. The van der Waals surface area contributed by atoms with Crippen molar-refractivity contribution in [2.75, 3.05) is 0 Å². The quantitative estimate of drug-likeness (QED) is 0.697. The van der Waals surface area contributed by atoms with Gasteiger partial charge in [-0.25, -0.2) is 0 Å². The minimum Gasteiger partial charge on any atom is -0.350 e. The number of aliphatic imine (C=N–C) groups is 1. The van der Waals surface area contributed by atoms with Gasteiger partial charge in [0, 0.05) is 12.6 Å². The molecule has 0 aromatic rings. The molecule has 0 bridgehead atoms. The average Bonchev–Trinajstić information content (AvgIpc) is 2.20. The first-order valence-electron chi connectivity index (χ1n) is 5.30. The Bertz CT molecular complexity index is 192. The lowest BCUT2D eigenvalue weighted by Crippen LogP contribution is -2.25. The van der Waals surface area contributed by atoms with Crippen LogP contribution >= 0.6 is 0 Å². The molecule has 1 N–H and O–H groups in total. The highest BCUT2D eigenvalue weighted by Crippen LogP contribution is 2.13. The third kappa shape index (κ3) is 3.62. The van der Waals surface area contributed by atoms with Gasteiger partial charge in [0.05, 0.1) is 6.04 Å². The molecule has 0 radical (unpaired) electrons. The number of nitrogens with zero attached hydrogens (tertiary/aromatic N) is 1. The Hall–Kier alpha value is -0.790.